The Balaban J connectivity index is 2.75. The Hall–Kier alpha value is -1.14. The van der Waals surface area contributed by atoms with E-state index in [4.69, 9.17) is 10.5 Å². The van der Waals surface area contributed by atoms with Crippen molar-refractivity contribution in [3.8, 4) is 5.75 Å². The van der Waals surface area contributed by atoms with Crippen molar-refractivity contribution in [1.82, 2.24) is 0 Å². The summed E-state index contributed by atoms with van der Waals surface area (Å²) in [5.41, 5.74) is 6.19. The number of hydrogen-bond donors (Lipinski definition) is 1. The molecule has 0 aliphatic carbocycles. The Morgan fingerprint density at radius 3 is 2.67 bits per heavy atom. The quantitative estimate of drug-likeness (QED) is 0.857. The number of sulfone groups is 1. The molecule has 0 spiro atoms. The molecule has 0 fully saturated rings. The van der Waals surface area contributed by atoms with E-state index in [-0.39, 0.29) is 5.75 Å². The van der Waals surface area contributed by atoms with Gasteiger partial charge in [0.15, 0.2) is 0 Å². The molecule has 0 radical (unpaired) electrons. The summed E-state index contributed by atoms with van der Waals surface area (Å²) in [6.45, 7) is 0. The largest absolute Gasteiger partial charge is 0.496 e. The van der Waals surface area contributed by atoms with Gasteiger partial charge in [-0.05, 0) is 25.0 Å². The van der Waals surface area contributed by atoms with Crippen molar-refractivity contribution < 1.29 is 17.5 Å². The molecule has 0 saturated heterocycles. The monoisotopic (exact) mass is 275 g/mol. The van der Waals surface area contributed by atoms with Crippen molar-refractivity contribution in [2.45, 2.75) is 18.9 Å². The van der Waals surface area contributed by atoms with Gasteiger partial charge in [-0.25, -0.2) is 12.8 Å². The van der Waals surface area contributed by atoms with E-state index in [9.17, 15) is 12.8 Å². The van der Waals surface area contributed by atoms with Crippen LogP contribution in [0.4, 0.5) is 4.39 Å². The molecule has 0 heterocycles. The van der Waals surface area contributed by atoms with Crippen LogP contribution in [0.15, 0.2) is 18.2 Å². The SMILES string of the molecule is COc1cccc(F)c1C(N)CCCS(C)(=O)=O. The topological polar surface area (TPSA) is 69.4 Å². The fraction of sp³-hybridized carbons (Fsp3) is 0.500. The lowest BCUT2D eigenvalue weighted by atomic mass is 10.0. The van der Waals surface area contributed by atoms with Crippen LogP contribution < -0.4 is 10.5 Å². The minimum Gasteiger partial charge on any atom is -0.496 e. The second kappa shape index (κ2) is 6.15. The molecule has 0 bridgehead atoms. The Morgan fingerprint density at radius 1 is 1.44 bits per heavy atom. The summed E-state index contributed by atoms with van der Waals surface area (Å²) in [6, 6.07) is 3.92. The third-order valence-corrected chi connectivity index (χ3v) is 3.66. The zero-order valence-electron chi connectivity index (χ0n) is 10.5. The highest BCUT2D eigenvalue weighted by molar-refractivity contribution is 7.90. The second-order valence-corrected chi connectivity index (χ2v) is 6.49. The average Bonchev–Trinajstić information content (AvgIpc) is 2.26. The summed E-state index contributed by atoms with van der Waals surface area (Å²) in [7, 11) is -1.56. The van der Waals surface area contributed by atoms with Crippen LogP contribution in [0.2, 0.25) is 0 Å². The molecule has 18 heavy (non-hydrogen) atoms. The molecule has 102 valence electrons. The predicted molar refractivity (Wildman–Crippen MR) is 68.8 cm³/mol. The number of halogens is 1. The Morgan fingerprint density at radius 2 is 2.11 bits per heavy atom. The second-order valence-electron chi connectivity index (χ2n) is 4.23. The van der Waals surface area contributed by atoms with Crippen LogP contribution in [0.25, 0.3) is 0 Å². The Labute approximate surface area is 107 Å². The number of methoxy groups -OCH3 is 1. The maximum absolute atomic E-state index is 13.7. The van der Waals surface area contributed by atoms with E-state index >= 15 is 0 Å². The van der Waals surface area contributed by atoms with Crippen LogP contribution >= 0.6 is 0 Å². The first-order valence-corrected chi connectivity index (χ1v) is 7.67. The normalized spacial score (nSPS) is 13.3. The molecular weight excluding hydrogens is 257 g/mol. The smallest absolute Gasteiger partial charge is 0.147 e. The van der Waals surface area contributed by atoms with Gasteiger partial charge >= 0.3 is 0 Å². The van der Waals surface area contributed by atoms with E-state index in [0.717, 1.165) is 0 Å². The van der Waals surface area contributed by atoms with Gasteiger partial charge in [0, 0.05) is 23.6 Å². The minimum atomic E-state index is -3.01. The Bertz CT molecular complexity index is 502. The van der Waals surface area contributed by atoms with Crippen LogP contribution in [0.1, 0.15) is 24.4 Å². The summed E-state index contributed by atoms with van der Waals surface area (Å²) < 4.78 is 40.7. The van der Waals surface area contributed by atoms with E-state index in [0.29, 0.717) is 24.2 Å². The summed E-state index contributed by atoms with van der Waals surface area (Å²) in [4.78, 5) is 0. The average molecular weight is 275 g/mol. The van der Waals surface area contributed by atoms with E-state index < -0.39 is 21.7 Å². The first kappa shape index (κ1) is 14.9. The van der Waals surface area contributed by atoms with E-state index in [1.54, 1.807) is 12.1 Å². The first-order chi connectivity index (χ1) is 8.35. The summed E-state index contributed by atoms with van der Waals surface area (Å²) in [5.74, 6) is 0.0142. The zero-order valence-corrected chi connectivity index (χ0v) is 11.3. The van der Waals surface area contributed by atoms with Crippen LogP contribution in [0.5, 0.6) is 5.75 Å². The van der Waals surface area contributed by atoms with Gasteiger partial charge < -0.3 is 10.5 Å². The molecule has 1 aromatic rings. The van der Waals surface area contributed by atoms with Gasteiger partial charge in [0.25, 0.3) is 0 Å². The molecule has 1 unspecified atom stereocenters. The van der Waals surface area contributed by atoms with E-state index in [2.05, 4.69) is 0 Å². The summed E-state index contributed by atoms with van der Waals surface area (Å²) >= 11 is 0. The molecule has 4 nitrogen and oxygen atoms in total. The van der Waals surface area contributed by atoms with Crippen molar-refractivity contribution in [3.05, 3.63) is 29.6 Å². The molecule has 0 aromatic heterocycles. The molecule has 0 amide bonds. The fourth-order valence-electron chi connectivity index (χ4n) is 1.76. The standard InChI is InChI=1S/C12H18FNO3S/c1-17-11-7-3-5-9(13)12(11)10(14)6-4-8-18(2,15)16/h3,5,7,10H,4,6,8,14H2,1-2H3. The van der Waals surface area contributed by atoms with Gasteiger partial charge in [0.05, 0.1) is 7.11 Å². The lowest BCUT2D eigenvalue weighted by Crippen LogP contribution is -2.15. The fourth-order valence-corrected chi connectivity index (χ4v) is 2.46. The molecule has 1 rings (SSSR count). The number of nitrogens with two attached hydrogens (primary N) is 1. The van der Waals surface area contributed by atoms with Crippen LogP contribution in [-0.2, 0) is 9.84 Å². The highest BCUT2D eigenvalue weighted by Crippen LogP contribution is 2.28. The molecule has 2 N–H and O–H groups in total. The maximum Gasteiger partial charge on any atom is 0.147 e. The van der Waals surface area contributed by atoms with E-state index in [1.165, 1.54) is 19.4 Å². The third kappa shape index (κ3) is 4.27. The zero-order chi connectivity index (χ0) is 13.8. The van der Waals surface area contributed by atoms with E-state index in [1.807, 2.05) is 0 Å². The van der Waals surface area contributed by atoms with Crippen LogP contribution in [0, 0.1) is 5.82 Å². The highest BCUT2D eigenvalue weighted by atomic mass is 32.2. The molecule has 6 heteroatoms. The molecule has 0 aliphatic rings. The molecule has 0 aliphatic heterocycles. The van der Waals surface area contributed by atoms with Gasteiger partial charge in [-0.2, -0.15) is 0 Å². The van der Waals surface area contributed by atoms with Crippen molar-refractivity contribution in [2.75, 3.05) is 19.1 Å². The summed E-state index contributed by atoms with van der Waals surface area (Å²) in [6.07, 6.45) is 1.96. The lowest BCUT2D eigenvalue weighted by Gasteiger charge is -2.16. The van der Waals surface area contributed by atoms with Crippen LogP contribution in [0.3, 0.4) is 0 Å². The van der Waals surface area contributed by atoms with Gasteiger partial charge in [-0.1, -0.05) is 6.07 Å². The Kier molecular flexibility index (Phi) is 5.10. The van der Waals surface area contributed by atoms with Gasteiger partial charge in [-0.3, -0.25) is 0 Å². The molecule has 1 aromatic carbocycles. The van der Waals surface area contributed by atoms with Gasteiger partial charge in [-0.15, -0.1) is 0 Å². The highest BCUT2D eigenvalue weighted by Gasteiger charge is 2.17. The van der Waals surface area contributed by atoms with Gasteiger partial charge in [0.2, 0.25) is 0 Å². The van der Waals surface area contributed by atoms with Gasteiger partial charge in [0.1, 0.15) is 21.4 Å². The van der Waals surface area contributed by atoms with Crippen molar-refractivity contribution in [1.29, 1.82) is 0 Å². The third-order valence-electron chi connectivity index (χ3n) is 2.63. The minimum absolute atomic E-state index is 0.0530. The molecular formula is C12H18FNO3S. The number of ether oxygens (including phenoxy) is 1. The van der Waals surface area contributed by atoms with Crippen molar-refractivity contribution in [2.24, 2.45) is 5.73 Å². The number of hydrogen-bond acceptors (Lipinski definition) is 4. The molecule has 0 saturated carbocycles. The summed E-state index contributed by atoms with van der Waals surface area (Å²) in [5, 5.41) is 0. The number of benzene rings is 1. The van der Waals surface area contributed by atoms with Crippen molar-refractivity contribution >= 4 is 9.84 Å². The predicted octanol–water partition coefficient (Wildman–Crippen LogP) is 1.66. The molecule has 1 atom stereocenters. The van der Waals surface area contributed by atoms with Crippen molar-refractivity contribution in [3.63, 3.8) is 0 Å². The maximum atomic E-state index is 13.7. The van der Waals surface area contributed by atoms with Crippen LogP contribution in [-0.4, -0.2) is 27.5 Å². The lowest BCUT2D eigenvalue weighted by molar-refractivity contribution is 0.397. The first-order valence-electron chi connectivity index (χ1n) is 5.61. The number of rotatable bonds is 6.